The van der Waals surface area contributed by atoms with Gasteiger partial charge in [-0.05, 0) is 24.5 Å². The van der Waals surface area contributed by atoms with E-state index in [-0.39, 0.29) is 5.75 Å². The SMILES string of the molecule is CCc1cnc(CCNC(=NC)NCCS(=O)(=O)N2CCc3ccccc32)s1. The lowest BCUT2D eigenvalue weighted by molar-refractivity contribution is 0.591. The third-order valence-corrected chi connectivity index (χ3v) is 7.61. The van der Waals surface area contributed by atoms with Gasteiger partial charge in [0.05, 0.1) is 16.4 Å². The van der Waals surface area contributed by atoms with Gasteiger partial charge in [0, 0.05) is 44.2 Å². The minimum Gasteiger partial charge on any atom is -0.356 e. The van der Waals surface area contributed by atoms with E-state index < -0.39 is 10.0 Å². The zero-order chi connectivity index (χ0) is 20.0. The average molecular weight is 422 g/mol. The summed E-state index contributed by atoms with van der Waals surface area (Å²) < 4.78 is 26.9. The molecule has 0 radical (unpaired) electrons. The fraction of sp³-hybridized carbons (Fsp3) is 0.474. The Bertz CT molecular complexity index is 924. The number of nitrogens with zero attached hydrogens (tertiary/aromatic N) is 3. The van der Waals surface area contributed by atoms with E-state index >= 15 is 0 Å². The molecule has 1 aromatic carbocycles. The minimum absolute atomic E-state index is 0.0222. The first-order valence-electron chi connectivity index (χ1n) is 9.50. The second kappa shape index (κ2) is 9.38. The number of fused-ring (bicyclic) bond motifs is 1. The van der Waals surface area contributed by atoms with Crippen LogP contribution >= 0.6 is 11.3 Å². The topological polar surface area (TPSA) is 86.7 Å². The Morgan fingerprint density at radius 3 is 2.82 bits per heavy atom. The Labute approximate surface area is 171 Å². The molecular weight excluding hydrogens is 394 g/mol. The van der Waals surface area contributed by atoms with E-state index in [1.807, 2.05) is 30.5 Å². The van der Waals surface area contributed by atoms with Gasteiger partial charge in [0.2, 0.25) is 10.0 Å². The van der Waals surface area contributed by atoms with Crippen LogP contribution in [0.4, 0.5) is 5.69 Å². The highest BCUT2D eigenvalue weighted by atomic mass is 32.2. The van der Waals surface area contributed by atoms with E-state index in [4.69, 9.17) is 0 Å². The summed E-state index contributed by atoms with van der Waals surface area (Å²) >= 11 is 1.73. The summed E-state index contributed by atoms with van der Waals surface area (Å²) in [6.07, 6.45) is 4.51. The summed E-state index contributed by atoms with van der Waals surface area (Å²) in [5.74, 6) is 0.623. The average Bonchev–Trinajstić information content (AvgIpc) is 3.33. The van der Waals surface area contributed by atoms with Gasteiger partial charge in [0.15, 0.2) is 5.96 Å². The summed E-state index contributed by atoms with van der Waals surface area (Å²) in [6, 6.07) is 7.68. The zero-order valence-corrected chi connectivity index (χ0v) is 17.9. The Balaban J connectivity index is 1.45. The predicted octanol–water partition coefficient (Wildman–Crippen LogP) is 1.81. The third kappa shape index (κ3) is 5.02. The van der Waals surface area contributed by atoms with Crippen molar-refractivity contribution in [3.63, 3.8) is 0 Å². The molecule has 0 spiro atoms. The highest BCUT2D eigenvalue weighted by Gasteiger charge is 2.28. The van der Waals surface area contributed by atoms with Crippen molar-refractivity contribution in [1.82, 2.24) is 15.6 Å². The Morgan fingerprint density at radius 2 is 2.07 bits per heavy atom. The molecule has 0 amide bonds. The van der Waals surface area contributed by atoms with Gasteiger partial charge in [-0.1, -0.05) is 25.1 Å². The standard InChI is InChI=1S/C19H27N5O2S2/c1-3-16-14-23-18(27-16)8-10-21-19(20-2)22-11-13-28(25,26)24-12-9-15-6-4-5-7-17(15)24/h4-7,14H,3,8-13H2,1-2H3,(H2,20,21,22). The molecule has 9 heteroatoms. The van der Waals surface area contributed by atoms with Crippen LogP contribution < -0.4 is 14.9 Å². The number of thiazole rings is 1. The van der Waals surface area contributed by atoms with Crippen LogP contribution in [0.1, 0.15) is 22.4 Å². The van der Waals surface area contributed by atoms with E-state index in [1.165, 1.54) is 9.18 Å². The minimum atomic E-state index is -3.36. The maximum atomic E-state index is 12.7. The smallest absolute Gasteiger partial charge is 0.236 e. The number of sulfonamides is 1. The van der Waals surface area contributed by atoms with Gasteiger partial charge >= 0.3 is 0 Å². The van der Waals surface area contributed by atoms with E-state index in [9.17, 15) is 8.42 Å². The van der Waals surface area contributed by atoms with Crippen LogP contribution in [0.25, 0.3) is 0 Å². The van der Waals surface area contributed by atoms with E-state index in [1.54, 1.807) is 18.4 Å². The largest absolute Gasteiger partial charge is 0.356 e. The first kappa shape index (κ1) is 20.6. The summed E-state index contributed by atoms with van der Waals surface area (Å²) in [6.45, 7) is 3.64. The van der Waals surface area contributed by atoms with Crippen LogP contribution in [-0.2, 0) is 29.3 Å². The lowest BCUT2D eigenvalue weighted by atomic mass is 10.2. The molecule has 152 valence electrons. The number of nitrogens with one attached hydrogen (secondary N) is 2. The Morgan fingerprint density at radius 1 is 1.29 bits per heavy atom. The lowest BCUT2D eigenvalue weighted by Gasteiger charge is -2.20. The quantitative estimate of drug-likeness (QED) is 0.501. The van der Waals surface area contributed by atoms with E-state index in [0.29, 0.717) is 25.6 Å². The molecule has 1 aliphatic heterocycles. The summed E-state index contributed by atoms with van der Waals surface area (Å²) in [5.41, 5.74) is 1.89. The van der Waals surface area contributed by atoms with Gasteiger partial charge < -0.3 is 10.6 Å². The van der Waals surface area contributed by atoms with Crippen molar-refractivity contribution in [2.75, 3.05) is 36.7 Å². The van der Waals surface area contributed by atoms with Gasteiger partial charge in [-0.15, -0.1) is 11.3 Å². The summed E-state index contributed by atoms with van der Waals surface area (Å²) in [7, 11) is -1.68. The fourth-order valence-corrected chi connectivity index (χ4v) is 5.43. The number of guanidine groups is 1. The molecule has 0 aliphatic carbocycles. The fourth-order valence-electron chi connectivity index (χ4n) is 3.14. The first-order valence-corrected chi connectivity index (χ1v) is 11.9. The maximum Gasteiger partial charge on any atom is 0.236 e. The number of hydrogen-bond acceptors (Lipinski definition) is 5. The molecule has 0 saturated carbocycles. The van der Waals surface area contributed by atoms with Crippen molar-refractivity contribution in [3.8, 4) is 0 Å². The highest BCUT2D eigenvalue weighted by molar-refractivity contribution is 7.92. The molecule has 1 aromatic heterocycles. The van der Waals surface area contributed by atoms with Crippen LogP contribution in [0.15, 0.2) is 35.5 Å². The maximum absolute atomic E-state index is 12.7. The lowest BCUT2D eigenvalue weighted by Crippen LogP contribution is -2.42. The van der Waals surface area contributed by atoms with Crippen molar-refractivity contribution in [1.29, 1.82) is 0 Å². The van der Waals surface area contributed by atoms with E-state index in [2.05, 4.69) is 27.5 Å². The van der Waals surface area contributed by atoms with Crippen molar-refractivity contribution < 1.29 is 8.42 Å². The molecule has 2 N–H and O–H groups in total. The molecule has 7 nitrogen and oxygen atoms in total. The van der Waals surface area contributed by atoms with Gasteiger partial charge in [-0.2, -0.15) is 0 Å². The molecule has 0 unspecified atom stereocenters. The monoisotopic (exact) mass is 421 g/mol. The third-order valence-electron chi connectivity index (χ3n) is 4.64. The van der Waals surface area contributed by atoms with Crippen molar-refractivity contribution in [3.05, 3.63) is 45.9 Å². The molecule has 1 aliphatic rings. The van der Waals surface area contributed by atoms with Crippen LogP contribution in [0.2, 0.25) is 0 Å². The number of aliphatic imine (C=N–C) groups is 1. The predicted molar refractivity (Wildman–Crippen MR) is 116 cm³/mol. The van der Waals surface area contributed by atoms with Crippen molar-refractivity contribution in [2.24, 2.45) is 4.99 Å². The van der Waals surface area contributed by atoms with Crippen molar-refractivity contribution >= 4 is 33.0 Å². The van der Waals surface area contributed by atoms with Crippen LogP contribution in [-0.4, -0.2) is 51.8 Å². The first-order chi connectivity index (χ1) is 13.5. The van der Waals surface area contributed by atoms with Gasteiger partial charge in [0.1, 0.15) is 0 Å². The van der Waals surface area contributed by atoms with Crippen molar-refractivity contribution in [2.45, 2.75) is 26.2 Å². The Hall–Kier alpha value is -2.13. The number of hydrogen-bond donors (Lipinski definition) is 2. The number of rotatable bonds is 8. The second-order valence-corrected chi connectivity index (χ2v) is 9.73. The number of aromatic nitrogens is 1. The number of aryl methyl sites for hydroxylation is 1. The molecule has 2 aromatic rings. The van der Waals surface area contributed by atoms with E-state index in [0.717, 1.165) is 35.5 Å². The normalized spacial score (nSPS) is 14.2. The zero-order valence-electron chi connectivity index (χ0n) is 16.3. The number of benzene rings is 1. The molecule has 0 saturated heterocycles. The van der Waals surface area contributed by atoms with Gasteiger partial charge in [0.25, 0.3) is 0 Å². The summed E-state index contributed by atoms with van der Waals surface area (Å²) in [5, 5.41) is 7.40. The molecule has 0 atom stereocenters. The van der Waals surface area contributed by atoms with Crippen LogP contribution in [0.3, 0.4) is 0 Å². The molecule has 2 heterocycles. The number of para-hydroxylation sites is 1. The van der Waals surface area contributed by atoms with Crippen LogP contribution in [0, 0.1) is 0 Å². The van der Waals surface area contributed by atoms with Crippen LogP contribution in [0.5, 0.6) is 0 Å². The Kier molecular flexibility index (Phi) is 6.90. The summed E-state index contributed by atoms with van der Waals surface area (Å²) in [4.78, 5) is 9.85. The molecule has 0 fully saturated rings. The molecule has 3 rings (SSSR count). The van der Waals surface area contributed by atoms with Gasteiger partial charge in [-0.3, -0.25) is 9.30 Å². The number of anilines is 1. The van der Waals surface area contributed by atoms with Gasteiger partial charge in [-0.25, -0.2) is 13.4 Å². The highest BCUT2D eigenvalue weighted by Crippen LogP contribution is 2.29. The second-order valence-electron chi connectivity index (χ2n) is 6.52. The molecule has 28 heavy (non-hydrogen) atoms. The molecular formula is C19H27N5O2S2. The molecule has 0 bridgehead atoms.